The van der Waals surface area contributed by atoms with Gasteiger partial charge in [-0.25, -0.2) is 5.43 Å². The maximum absolute atomic E-state index is 12.7. The molecule has 0 saturated heterocycles. The van der Waals surface area contributed by atoms with Crippen molar-refractivity contribution in [2.45, 2.75) is 37.4 Å². The third kappa shape index (κ3) is 6.16. The summed E-state index contributed by atoms with van der Waals surface area (Å²) in [5, 5.41) is 15.3. The molecular weight excluding hydrogens is 458 g/mol. The van der Waals surface area contributed by atoms with Crippen LogP contribution >= 0.6 is 11.8 Å². The summed E-state index contributed by atoms with van der Waals surface area (Å²) in [5.41, 5.74) is 4.37. The van der Waals surface area contributed by atoms with Crippen LogP contribution in [-0.2, 0) is 17.9 Å². The summed E-state index contributed by atoms with van der Waals surface area (Å²) in [5.74, 6) is 1.20. The lowest BCUT2D eigenvalue weighted by Crippen LogP contribution is -2.28. The molecule has 35 heavy (non-hydrogen) atoms. The number of carbonyl (C=O) groups excluding carboxylic acids is 1. The van der Waals surface area contributed by atoms with E-state index in [1.165, 1.54) is 11.8 Å². The van der Waals surface area contributed by atoms with Crippen LogP contribution in [0.4, 0.5) is 0 Å². The van der Waals surface area contributed by atoms with Crippen LogP contribution in [0.3, 0.4) is 0 Å². The van der Waals surface area contributed by atoms with E-state index >= 15 is 0 Å². The third-order valence-corrected chi connectivity index (χ3v) is 6.45. The molecule has 1 amide bonds. The van der Waals surface area contributed by atoms with Gasteiger partial charge in [0.1, 0.15) is 12.4 Å². The smallest absolute Gasteiger partial charge is 0.253 e. The van der Waals surface area contributed by atoms with E-state index in [1.807, 2.05) is 66.9 Å². The van der Waals surface area contributed by atoms with Crippen LogP contribution in [0.25, 0.3) is 10.8 Å². The van der Waals surface area contributed by atoms with Gasteiger partial charge >= 0.3 is 0 Å². The number of fused-ring (bicyclic) bond motifs is 1. The van der Waals surface area contributed by atoms with Crippen molar-refractivity contribution in [3.05, 3.63) is 96.8 Å². The van der Waals surface area contributed by atoms with Gasteiger partial charge in [0.15, 0.2) is 11.0 Å². The minimum absolute atomic E-state index is 0.217. The number of carbonyl (C=O) groups is 1. The van der Waals surface area contributed by atoms with Gasteiger partial charge in [0, 0.05) is 6.54 Å². The predicted octanol–water partition coefficient (Wildman–Crippen LogP) is 5.22. The Morgan fingerprint density at radius 1 is 1.11 bits per heavy atom. The lowest BCUT2D eigenvalue weighted by molar-refractivity contribution is -0.120. The van der Waals surface area contributed by atoms with Gasteiger partial charge in [-0.1, -0.05) is 72.4 Å². The van der Waals surface area contributed by atoms with Gasteiger partial charge in [0.05, 0.1) is 11.0 Å². The standard InChI is InChI=1S/C27H27N5O2S/c1-4-16-32-25(18-34-24-12-6-5-7-13-24)29-31-27(32)35-20(3)26(33)30-28-19(2)22-15-14-21-10-8-9-11-23(21)17-22/h4-15,17,20H,1,16,18H2,2-3H3,(H,30,33)/t20-/m1/s1. The average molecular weight is 486 g/mol. The average Bonchev–Trinajstić information content (AvgIpc) is 3.27. The van der Waals surface area contributed by atoms with Crippen molar-refractivity contribution >= 4 is 34.2 Å². The minimum atomic E-state index is -0.432. The first-order chi connectivity index (χ1) is 17.0. The van der Waals surface area contributed by atoms with Crippen molar-refractivity contribution in [2.75, 3.05) is 0 Å². The van der Waals surface area contributed by atoms with Crippen LogP contribution in [0.1, 0.15) is 25.2 Å². The maximum atomic E-state index is 12.7. The van der Waals surface area contributed by atoms with Gasteiger partial charge in [0.2, 0.25) is 0 Å². The van der Waals surface area contributed by atoms with Crippen molar-refractivity contribution < 1.29 is 9.53 Å². The first kappa shape index (κ1) is 24.2. The van der Waals surface area contributed by atoms with Crippen molar-refractivity contribution in [1.82, 2.24) is 20.2 Å². The molecule has 0 aliphatic rings. The molecule has 0 fully saturated rings. The van der Waals surface area contributed by atoms with Gasteiger partial charge in [-0.3, -0.25) is 9.36 Å². The lowest BCUT2D eigenvalue weighted by atomic mass is 10.0. The molecule has 0 aliphatic carbocycles. The molecular formula is C27H27N5O2S. The molecule has 0 bridgehead atoms. The summed E-state index contributed by atoms with van der Waals surface area (Å²) in [6.45, 7) is 8.29. The summed E-state index contributed by atoms with van der Waals surface area (Å²) in [7, 11) is 0. The Hall–Kier alpha value is -3.91. The van der Waals surface area contributed by atoms with Crippen molar-refractivity contribution in [3.63, 3.8) is 0 Å². The molecule has 0 radical (unpaired) electrons. The van der Waals surface area contributed by atoms with E-state index < -0.39 is 5.25 Å². The first-order valence-electron chi connectivity index (χ1n) is 11.3. The molecule has 1 heterocycles. The third-order valence-electron chi connectivity index (χ3n) is 5.37. The van der Waals surface area contributed by atoms with Crippen molar-refractivity contribution in [3.8, 4) is 5.75 Å². The highest BCUT2D eigenvalue weighted by molar-refractivity contribution is 8.00. The Morgan fingerprint density at radius 3 is 2.63 bits per heavy atom. The number of para-hydroxylation sites is 1. The highest BCUT2D eigenvalue weighted by atomic mass is 32.2. The number of nitrogens with one attached hydrogen (secondary N) is 1. The molecule has 1 N–H and O–H groups in total. The Labute approximate surface area is 208 Å². The number of ether oxygens (including phenoxy) is 1. The van der Waals surface area contributed by atoms with Gasteiger partial charge in [0.25, 0.3) is 5.91 Å². The molecule has 4 aromatic rings. The van der Waals surface area contributed by atoms with Crippen LogP contribution in [-0.4, -0.2) is 31.6 Å². The minimum Gasteiger partial charge on any atom is -0.486 e. The van der Waals surface area contributed by atoms with Gasteiger partial charge < -0.3 is 4.74 Å². The largest absolute Gasteiger partial charge is 0.486 e. The molecule has 0 spiro atoms. The number of thioether (sulfide) groups is 1. The number of amides is 1. The van der Waals surface area contributed by atoms with Crippen LogP contribution < -0.4 is 10.2 Å². The van der Waals surface area contributed by atoms with Crippen LogP contribution in [0.5, 0.6) is 5.75 Å². The van der Waals surface area contributed by atoms with E-state index in [4.69, 9.17) is 4.74 Å². The lowest BCUT2D eigenvalue weighted by Gasteiger charge is -2.12. The molecule has 8 heteroatoms. The van der Waals surface area contributed by atoms with E-state index in [1.54, 1.807) is 6.08 Å². The predicted molar refractivity (Wildman–Crippen MR) is 141 cm³/mol. The monoisotopic (exact) mass is 485 g/mol. The fourth-order valence-corrected chi connectivity index (χ4v) is 4.28. The van der Waals surface area contributed by atoms with Crippen LogP contribution in [0.15, 0.2) is 95.7 Å². The molecule has 3 aromatic carbocycles. The number of allylic oxidation sites excluding steroid dienone is 1. The number of hydrogen-bond donors (Lipinski definition) is 1. The van der Waals surface area contributed by atoms with Crippen LogP contribution in [0.2, 0.25) is 0 Å². The summed E-state index contributed by atoms with van der Waals surface area (Å²) < 4.78 is 7.71. The highest BCUT2D eigenvalue weighted by Crippen LogP contribution is 2.23. The van der Waals surface area contributed by atoms with Gasteiger partial charge in [-0.05, 0) is 48.4 Å². The number of benzene rings is 3. The van der Waals surface area contributed by atoms with Crippen molar-refractivity contribution in [1.29, 1.82) is 0 Å². The van der Waals surface area contributed by atoms with E-state index in [0.717, 1.165) is 27.8 Å². The van der Waals surface area contributed by atoms with E-state index in [2.05, 4.69) is 51.6 Å². The Bertz CT molecular complexity index is 1350. The molecule has 178 valence electrons. The quantitative estimate of drug-likeness (QED) is 0.144. The molecule has 1 atom stereocenters. The number of rotatable bonds is 10. The topological polar surface area (TPSA) is 81.4 Å². The second kappa shape index (κ2) is 11.5. The summed E-state index contributed by atoms with van der Waals surface area (Å²) in [6, 6.07) is 23.8. The molecule has 7 nitrogen and oxygen atoms in total. The van der Waals surface area contributed by atoms with Gasteiger partial charge in [-0.15, -0.1) is 16.8 Å². The molecule has 0 unspecified atom stereocenters. The summed E-state index contributed by atoms with van der Waals surface area (Å²) in [4.78, 5) is 12.7. The normalized spacial score (nSPS) is 12.3. The number of hydrogen-bond acceptors (Lipinski definition) is 6. The molecule has 1 aromatic heterocycles. The second-order valence-corrected chi connectivity index (χ2v) is 9.20. The number of nitrogens with zero attached hydrogens (tertiary/aromatic N) is 4. The molecule has 0 aliphatic heterocycles. The second-order valence-electron chi connectivity index (χ2n) is 7.90. The number of aromatic nitrogens is 3. The van der Waals surface area contributed by atoms with Crippen molar-refractivity contribution in [2.24, 2.45) is 5.10 Å². The van der Waals surface area contributed by atoms with E-state index in [-0.39, 0.29) is 12.5 Å². The van der Waals surface area contributed by atoms with Crippen LogP contribution in [0, 0.1) is 0 Å². The zero-order valence-electron chi connectivity index (χ0n) is 19.7. The zero-order chi connectivity index (χ0) is 24.6. The Kier molecular flexibility index (Phi) is 7.95. The summed E-state index contributed by atoms with van der Waals surface area (Å²) >= 11 is 1.31. The summed E-state index contributed by atoms with van der Waals surface area (Å²) in [6.07, 6.45) is 1.77. The molecule has 0 saturated carbocycles. The first-order valence-corrected chi connectivity index (χ1v) is 12.1. The van der Waals surface area contributed by atoms with E-state index in [9.17, 15) is 4.79 Å². The van der Waals surface area contributed by atoms with Gasteiger partial charge in [-0.2, -0.15) is 5.10 Å². The zero-order valence-corrected chi connectivity index (χ0v) is 20.5. The highest BCUT2D eigenvalue weighted by Gasteiger charge is 2.20. The number of hydrazone groups is 1. The Morgan fingerprint density at radius 2 is 1.86 bits per heavy atom. The maximum Gasteiger partial charge on any atom is 0.253 e. The molecule has 4 rings (SSSR count). The SMILES string of the molecule is C=CCn1c(COc2ccccc2)nnc1S[C@H](C)C(=O)NN=C(C)c1ccc2ccccc2c1. The fourth-order valence-electron chi connectivity index (χ4n) is 3.41. The Balaban J connectivity index is 1.39. The fraction of sp³-hybridized carbons (Fsp3) is 0.185. The van der Waals surface area contributed by atoms with E-state index in [0.29, 0.717) is 17.5 Å².